The highest BCUT2D eigenvalue weighted by molar-refractivity contribution is 6.08. The lowest BCUT2D eigenvalue weighted by molar-refractivity contribution is 0.102. The van der Waals surface area contributed by atoms with Crippen LogP contribution in [0.5, 0.6) is 5.75 Å². The number of ether oxygens (including phenoxy) is 1. The number of anilines is 2. The molecule has 0 spiro atoms. The third-order valence-electron chi connectivity index (χ3n) is 4.13. The predicted molar refractivity (Wildman–Crippen MR) is 114 cm³/mol. The average Bonchev–Trinajstić information content (AvgIpc) is 2.71. The van der Waals surface area contributed by atoms with Crippen LogP contribution in [0.15, 0.2) is 66.9 Å². The van der Waals surface area contributed by atoms with Gasteiger partial charge in [0.1, 0.15) is 11.4 Å². The molecule has 0 fully saturated rings. The lowest BCUT2D eigenvalue weighted by Crippen LogP contribution is -2.17. The van der Waals surface area contributed by atoms with E-state index in [2.05, 4.69) is 15.6 Å². The molecule has 0 unspecified atom stereocenters. The van der Waals surface area contributed by atoms with Crippen LogP contribution in [0.25, 0.3) is 0 Å². The van der Waals surface area contributed by atoms with Crippen LogP contribution in [-0.4, -0.2) is 22.9 Å². The maximum atomic E-state index is 12.6. The number of para-hydroxylation sites is 1. The lowest BCUT2D eigenvalue weighted by Gasteiger charge is -2.11. The zero-order valence-electron chi connectivity index (χ0n) is 16.6. The Balaban J connectivity index is 1.69. The summed E-state index contributed by atoms with van der Waals surface area (Å²) in [4.78, 5) is 29.2. The highest BCUT2D eigenvalue weighted by Crippen LogP contribution is 2.18. The van der Waals surface area contributed by atoms with E-state index in [4.69, 9.17) is 4.74 Å². The fourth-order valence-electron chi connectivity index (χ4n) is 2.69. The molecule has 148 valence electrons. The molecule has 0 saturated heterocycles. The molecule has 0 aliphatic heterocycles. The van der Waals surface area contributed by atoms with Crippen molar-refractivity contribution in [2.24, 2.45) is 0 Å². The molecule has 1 aromatic heterocycles. The van der Waals surface area contributed by atoms with Gasteiger partial charge in [-0.2, -0.15) is 0 Å². The zero-order valence-corrected chi connectivity index (χ0v) is 16.6. The maximum absolute atomic E-state index is 12.6. The molecule has 0 aliphatic rings. The minimum atomic E-state index is -0.371. The third kappa shape index (κ3) is 5.42. The van der Waals surface area contributed by atoms with Gasteiger partial charge in [-0.15, -0.1) is 0 Å². The molecule has 2 aromatic carbocycles. The molecule has 0 atom stereocenters. The van der Waals surface area contributed by atoms with Crippen molar-refractivity contribution in [3.63, 3.8) is 0 Å². The molecule has 1 heterocycles. The Labute approximate surface area is 169 Å². The van der Waals surface area contributed by atoms with Crippen molar-refractivity contribution >= 4 is 23.2 Å². The first-order chi connectivity index (χ1) is 13.9. The van der Waals surface area contributed by atoms with E-state index in [-0.39, 0.29) is 23.6 Å². The fourth-order valence-corrected chi connectivity index (χ4v) is 2.69. The molecule has 2 N–H and O–H groups in total. The molecule has 3 rings (SSSR count). The second-order valence-electron chi connectivity index (χ2n) is 6.84. The Morgan fingerprint density at radius 1 is 0.931 bits per heavy atom. The monoisotopic (exact) mass is 389 g/mol. The van der Waals surface area contributed by atoms with Gasteiger partial charge in [0.25, 0.3) is 11.8 Å². The summed E-state index contributed by atoms with van der Waals surface area (Å²) in [6, 6.07) is 17.6. The van der Waals surface area contributed by atoms with Crippen molar-refractivity contribution < 1.29 is 14.3 Å². The summed E-state index contributed by atoms with van der Waals surface area (Å²) >= 11 is 0. The van der Waals surface area contributed by atoms with Crippen LogP contribution in [-0.2, 0) is 0 Å². The smallest absolute Gasteiger partial charge is 0.274 e. The van der Waals surface area contributed by atoms with Crippen molar-refractivity contribution in [1.82, 2.24) is 4.98 Å². The van der Waals surface area contributed by atoms with Gasteiger partial charge in [-0.25, -0.2) is 0 Å². The maximum Gasteiger partial charge on any atom is 0.274 e. The minimum Gasteiger partial charge on any atom is -0.491 e. The van der Waals surface area contributed by atoms with Crippen LogP contribution >= 0.6 is 0 Å². The van der Waals surface area contributed by atoms with Gasteiger partial charge in [0.2, 0.25) is 0 Å². The number of pyridine rings is 1. The molecule has 6 heteroatoms. The number of aromatic nitrogens is 1. The van der Waals surface area contributed by atoms with Crippen molar-refractivity contribution in [2.45, 2.75) is 26.9 Å². The number of benzene rings is 2. The van der Waals surface area contributed by atoms with Crippen molar-refractivity contribution in [3.05, 3.63) is 83.7 Å². The van der Waals surface area contributed by atoms with Gasteiger partial charge in [0.15, 0.2) is 0 Å². The number of rotatable bonds is 6. The number of nitrogens with one attached hydrogen (secondary N) is 2. The quantitative estimate of drug-likeness (QED) is 0.641. The molecule has 0 radical (unpaired) electrons. The normalized spacial score (nSPS) is 10.5. The minimum absolute atomic E-state index is 0.0801. The summed E-state index contributed by atoms with van der Waals surface area (Å²) < 4.78 is 5.59. The van der Waals surface area contributed by atoms with Gasteiger partial charge in [-0.1, -0.05) is 18.2 Å². The zero-order chi connectivity index (χ0) is 20.8. The molecule has 29 heavy (non-hydrogen) atoms. The first-order valence-electron chi connectivity index (χ1n) is 9.33. The van der Waals surface area contributed by atoms with Crippen LogP contribution in [0.3, 0.4) is 0 Å². The van der Waals surface area contributed by atoms with Gasteiger partial charge in [0, 0.05) is 23.1 Å². The van der Waals surface area contributed by atoms with Crippen molar-refractivity contribution in [1.29, 1.82) is 0 Å². The van der Waals surface area contributed by atoms with E-state index in [1.165, 1.54) is 12.3 Å². The number of aryl methyl sites for hydroxylation is 1. The average molecular weight is 389 g/mol. The standard InChI is InChI=1S/C23H23N3O3/c1-15(2)29-19-10-8-18(9-11-19)25-22(27)17-12-13-24-21(14-17)23(28)26-20-7-5-4-6-16(20)3/h4-15H,1-3H3,(H,25,27)(H,26,28). The molecule has 0 saturated carbocycles. The summed E-state index contributed by atoms with van der Waals surface area (Å²) in [5, 5.41) is 5.63. The van der Waals surface area contributed by atoms with Gasteiger partial charge in [0.05, 0.1) is 6.10 Å². The molecule has 0 bridgehead atoms. The molecule has 6 nitrogen and oxygen atoms in total. The van der Waals surface area contributed by atoms with Gasteiger partial charge >= 0.3 is 0 Å². The van der Waals surface area contributed by atoms with Gasteiger partial charge in [-0.05, 0) is 68.8 Å². The predicted octanol–water partition coefficient (Wildman–Crippen LogP) is 4.68. The second-order valence-corrected chi connectivity index (χ2v) is 6.84. The number of hydrogen-bond acceptors (Lipinski definition) is 4. The van der Waals surface area contributed by atoms with Crippen LogP contribution in [0.4, 0.5) is 11.4 Å². The summed E-state index contributed by atoms with van der Waals surface area (Å²) in [5.74, 6) is 0.0380. The highest BCUT2D eigenvalue weighted by Gasteiger charge is 2.13. The van der Waals surface area contributed by atoms with Crippen LogP contribution in [0, 0.1) is 6.92 Å². The van der Waals surface area contributed by atoms with E-state index in [1.807, 2.05) is 45.0 Å². The van der Waals surface area contributed by atoms with Gasteiger partial charge in [-0.3, -0.25) is 14.6 Å². The highest BCUT2D eigenvalue weighted by atomic mass is 16.5. The number of carbonyl (C=O) groups is 2. The van der Waals surface area contributed by atoms with Crippen LogP contribution in [0.2, 0.25) is 0 Å². The Kier molecular flexibility index (Phi) is 6.24. The lowest BCUT2D eigenvalue weighted by atomic mass is 10.1. The molecule has 2 amide bonds. The number of amides is 2. The Hall–Kier alpha value is -3.67. The van der Waals surface area contributed by atoms with Crippen molar-refractivity contribution in [2.75, 3.05) is 10.6 Å². The molecule has 3 aromatic rings. The Morgan fingerprint density at radius 3 is 2.34 bits per heavy atom. The summed E-state index contributed by atoms with van der Waals surface area (Å²) in [5.41, 5.74) is 2.80. The molecule has 0 aliphatic carbocycles. The van der Waals surface area contributed by atoms with Crippen LogP contribution in [0.1, 0.15) is 40.3 Å². The van der Waals surface area contributed by atoms with E-state index in [0.717, 1.165) is 11.3 Å². The summed E-state index contributed by atoms with van der Waals surface area (Å²) in [6.07, 6.45) is 1.53. The number of hydrogen-bond donors (Lipinski definition) is 2. The van der Waals surface area contributed by atoms with E-state index in [9.17, 15) is 9.59 Å². The number of carbonyl (C=O) groups excluding carboxylic acids is 2. The van der Waals surface area contributed by atoms with E-state index in [0.29, 0.717) is 16.9 Å². The molecular weight excluding hydrogens is 366 g/mol. The van der Waals surface area contributed by atoms with E-state index < -0.39 is 0 Å². The summed E-state index contributed by atoms with van der Waals surface area (Å²) in [7, 11) is 0. The van der Waals surface area contributed by atoms with Crippen LogP contribution < -0.4 is 15.4 Å². The van der Waals surface area contributed by atoms with Gasteiger partial charge < -0.3 is 15.4 Å². The topological polar surface area (TPSA) is 80.3 Å². The largest absolute Gasteiger partial charge is 0.491 e. The first kappa shape index (κ1) is 20.1. The molecular formula is C23H23N3O3. The first-order valence-corrected chi connectivity index (χ1v) is 9.33. The Morgan fingerprint density at radius 2 is 1.66 bits per heavy atom. The van der Waals surface area contributed by atoms with Crippen molar-refractivity contribution in [3.8, 4) is 5.75 Å². The van der Waals surface area contributed by atoms with E-state index in [1.54, 1.807) is 30.3 Å². The second kappa shape index (κ2) is 9.01. The number of nitrogens with zero attached hydrogens (tertiary/aromatic N) is 1. The fraction of sp³-hybridized carbons (Fsp3) is 0.174. The third-order valence-corrected chi connectivity index (χ3v) is 4.13. The SMILES string of the molecule is Cc1ccccc1NC(=O)c1cc(C(=O)Nc2ccc(OC(C)C)cc2)ccn1. The summed E-state index contributed by atoms with van der Waals surface area (Å²) in [6.45, 7) is 5.81. The van der Waals surface area contributed by atoms with E-state index >= 15 is 0 Å². The Bertz CT molecular complexity index is 1010.